The Balaban J connectivity index is 4.36. The number of halogens is 3. The van der Waals surface area contributed by atoms with Crippen LogP contribution in [0.15, 0.2) is 0 Å². The van der Waals surface area contributed by atoms with Gasteiger partial charge >= 0.3 is 6.18 Å². The third kappa shape index (κ3) is 5.33. The number of aliphatic hydroxyl groups excluding tert-OH is 1. The maximum Gasteiger partial charge on any atom is 0.406 e. The molecular weight excluding hydrogens is 219 g/mol. The zero-order chi connectivity index (χ0) is 11.4. The minimum Gasteiger partial charge on any atom is -0.395 e. The van der Waals surface area contributed by atoms with Crippen LogP contribution in [-0.2, 0) is 4.79 Å². The van der Waals surface area contributed by atoms with Crippen molar-refractivity contribution in [3.63, 3.8) is 0 Å². The molecule has 14 heavy (non-hydrogen) atoms. The number of hydrogen-bond donors (Lipinski definition) is 2. The molecule has 1 N–H and O–H groups in total. The lowest BCUT2D eigenvalue weighted by Gasteiger charge is -2.24. The first-order valence-corrected chi connectivity index (χ1v) is 4.44. The van der Waals surface area contributed by atoms with Crippen molar-refractivity contribution in [3.8, 4) is 0 Å². The van der Waals surface area contributed by atoms with Gasteiger partial charge in [0.15, 0.2) is 0 Å². The molecule has 7 heteroatoms. The molecule has 0 radical (unpaired) electrons. The number of hydrogen-bond acceptors (Lipinski definition) is 3. The second-order valence-electron chi connectivity index (χ2n) is 2.77. The summed E-state index contributed by atoms with van der Waals surface area (Å²) in [6.45, 7) is -0.797. The van der Waals surface area contributed by atoms with Gasteiger partial charge < -0.3 is 10.0 Å². The minimum absolute atomic E-state index is 0.330. The van der Waals surface area contributed by atoms with Crippen molar-refractivity contribution >= 4 is 18.5 Å². The van der Waals surface area contributed by atoms with Crippen molar-refractivity contribution in [2.45, 2.75) is 18.3 Å². The van der Waals surface area contributed by atoms with Crippen LogP contribution in [0.2, 0.25) is 0 Å². The van der Waals surface area contributed by atoms with Gasteiger partial charge in [0.25, 0.3) is 0 Å². The number of carbonyl (C=O) groups is 1. The van der Waals surface area contributed by atoms with Crippen molar-refractivity contribution < 1.29 is 23.1 Å². The van der Waals surface area contributed by atoms with Crippen LogP contribution in [0, 0.1) is 0 Å². The number of aliphatic hydroxyl groups is 1. The summed E-state index contributed by atoms with van der Waals surface area (Å²) in [5, 5.41) is 7.68. The molecule has 0 heterocycles. The highest BCUT2D eigenvalue weighted by Crippen LogP contribution is 2.17. The highest BCUT2D eigenvalue weighted by Gasteiger charge is 2.33. The van der Waals surface area contributed by atoms with Gasteiger partial charge in [-0.05, 0) is 6.92 Å². The highest BCUT2D eigenvalue weighted by molar-refractivity contribution is 7.81. The van der Waals surface area contributed by atoms with Gasteiger partial charge in [-0.2, -0.15) is 25.8 Å². The molecule has 0 spiro atoms. The van der Waals surface area contributed by atoms with Crippen LogP contribution in [-0.4, -0.2) is 47.0 Å². The van der Waals surface area contributed by atoms with Crippen LogP contribution in [0.4, 0.5) is 13.2 Å². The molecule has 1 unspecified atom stereocenters. The Morgan fingerprint density at radius 3 is 2.36 bits per heavy atom. The molecule has 84 valence electrons. The fourth-order valence-corrected chi connectivity index (χ4v) is 1.03. The molecule has 3 nitrogen and oxygen atoms in total. The van der Waals surface area contributed by atoms with E-state index in [0.717, 1.165) is 0 Å². The number of amides is 1. The Morgan fingerprint density at radius 1 is 1.57 bits per heavy atom. The van der Waals surface area contributed by atoms with E-state index in [4.69, 9.17) is 5.11 Å². The summed E-state index contributed by atoms with van der Waals surface area (Å²) in [4.78, 5) is 11.7. The van der Waals surface area contributed by atoms with E-state index in [-0.39, 0.29) is 6.54 Å². The average Bonchev–Trinajstić information content (AvgIpc) is 1.99. The zero-order valence-electron chi connectivity index (χ0n) is 7.58. The Morgan fingerprint density at radius 2 is 2.07 bits per heavy atom. The SMILES string of the molecule is CC(S)C(=O)N(CCO)CC(F)(F)F. The van der Waals surface area contributed by atoms with Gasteiger partial charge in [-0.15, -0.1) is 0 Å². The smallest absolute Gasteiger partial charge is 0.395 e. The summed E-state index contributed by atoms with van der Waals surface area (Å²) in [5.74, 6) is -0.736. The van der Waals surface area contributed by atoms with E-state index in [9.17, 15) is 18.0 Å². The van der Waals surface area contributed by atoms with Gasteiger partial charge in [0.1, 0.15) is 6.54 Å². The number of carbonyl (C=O) groups excluding carboxylic acids is 1. The fourth-order valence-electron chi connectivity index (χ4n) is 0.869. The average molecular weight is 231 g/mol. The molecule has 0 aromatic heterocycles. The molecule has 0 aliphatic heterocycles. The van der Waals surface area contributed by atoms with Gasteiger partial charge in [0.2, 0.25) is 5.91 Å². The molecule has 0 bridgehead atoms. The summed E-state index contributed by atoms with van der Waals surface area (Å²) < 4.78 is 35.9. The maximum atomic E-state index is 12.0. The predicted molar refractivity (Wildman–Crippen MR) is 48.2 cm³/mol. The summed E-state index contributed by atoms with van der Waals surface area (Å²) in [7, 11) is 0. The van der Waals surface area contributed by atoms with Gasteiger partial charge in [-0.25, -0.2) is 0 Å². The van der Waals surface area contributed by atoms with Gasteiger partial charge in [-0.3, -0.25) is 4.79 Å². The molecular formula is C7H12F3NO2S. The second kappa shape index (κ2) is 5.45. The lowest BCUT2D eigenvalue weighted by molar-refractivity contribution is -0.161. The molecule has 0 aromatic carbocycles. The lowest BCUT2D eigenvalue weighted by Crippen LogP contribution is -2.43. The summed E-state index contributed by atoms with van der Waals surface area (Å²) in [6.07, 6.45) is -4.45. The van der Waals surface area contributed by atoms with E-state index in [1.165, 1.54) is 6.92 Å². The third-order valence-electron chi connectivity index (χ3n) is 1.41. The molecule has 0 fully saturated rings. The van der Waals surface area contributed by atoms with Crippen LogP contribution in [0.25, 0.3) is 0 Å². The number of nitrogens with zero attached hydrogens (tertiary/aromatic N) is 1. The lowest BCUT2D eigenvalue weighted by atomic mass is 10.3. The van der Waals surface area contributed by atoms with Crippen molar-refractivity contribution in [1.29, 1.82) is 0 Å². The van der Waals surface area contributed by atoms with E-state index in [2.05, 4.69) is 12.6 Å². The molecule has 0 rings (SSSR count). The van der Waals surface area contributed by atoms with Crippen molar-refractivity contribution in [2.75, 3.05) is 19.7 Å². The van der Waals surface area contributed by atoms with Crippen molar-refractivity contribution in [2.24, 2.45) is 0 Å². The number of alkyl halides is 3. The summed E-state index contributed by atoms with van der Waals surface area (Å²) >= 11 is 3.73. The van der Waals surface area contributed by atoms with E-state index in [0.29, 0.717) is 4.90 Å². The molecule has 0 aromatic rings. The summed E-state index contributed by atoms with van der Waals surface area (Å²) in [5.41, 5.74) is 0. The van der Waals surface area contributed by atoms with Gasteiger partial charge in [0, 0.05) is 6.54 Å². The predicted octanol–water partition coefficient (Wildman–Crippen LogP) is 0.688. The first-order chi connectivity index (χ1) is 6.28. The molecule has 0 saturated carbocycles. The van der Waals surface area contributed by atoms with Crippen LogP contribution in [0.1, 0.15) is 6.92 Å². The highest BCUT2D eigenvalue weighted by atomic mass is 32.1. The maximum absolute atomic E-state index is 12.0. The normalized spacial score (nSPS) is 13.9. The van der Waals surface area contributed by atoms with E-state index in [1.807, 2.05) is 0 Å². The van der Waals surface area contributed by atoms with Crippen molar-refractivity contribution in [3.05, 3.63) is 0 Å². The van der Waals surface area contributed by atoms with E-state index < -0.39 is 30.5 Å². The zero-order valence-corrected chi connectivity index (χ0v) is 8.48. The monoisotopic (exact) mass is 231 g/mol. The number of thiol groups is 1. The van der Waals surface area contributed by atoms with Crippen LogP contribution in [0.5, 0.6) is 0 Å². The Labute approximate surface area is 85.3 Å². The first-order valence-electron chi connectivity index (χ1n) is 3.92. The van der Waals surface area contributed by atoms with E-state index in [1.54, 1.807) is 0 Å². The van der Waals surface area contributed by atoms with Gasteiger partial charge in [0.05, 0.1) is 11.9 Å². The second-order valence-corrected chi connectivity index (χ2v) is 3.55. The number of rotatable bonds is 4. The first kappa shape index (κ1) is 13.6. The Kier molecular flexibility index (Phi) is 5.28. The van der Waals surface area contributed by atoms with Crippen LogP contribution < -0.4 is 0 Å². The Bertz CT molecular complexity index is 196. The van der Waals surface area contributed by atoms with Crippen molar-refractivity contribution in [1.82, 2.24) is 4.90 Å². The van der Waals surface area contributed by atoms with Crippen LogP contribution in [0.3, 0.4) is 0 Å². The molecule has 0 aliphatic rings. The summed E-state index contributed by atoms with van der Waals surface area (Å²) in [6, 6.07) is 0. The quantitative estimate of drug-likeness (QED) is 0.699. The fraction of sp³-hybridized carbons (Fsp3) is 0.857. The van der Waals surface area contributed by atoms with Crippen LogP contribution >= 0.6 is 12.6 Å². The minimum atomic E-state index is -4.45. The Hall–Kier alpha value is -0.430. The molecule has 1 atom stereocenters. The molecule has 1 amide bonds. The molecule has 0 saturated heterocycles. The van der Waals surface area contributed by atoms with E-state index >= 15 is 0 Å². The standard InChI is InChI=1S/C7H12F3NO2S/c1-5(14)6(13)11(2-3-12)4-7(8,9)10/h5,12,14H,2-4H2,1H3. The third-order valence-corrected chi connectivity index (χ3v) is 1.63. The molecule has 0 aliphatic carbocycles. The van der Waals surface area contributed by atoms with Gasteiger partial charge in [-0.1, -0.05) is 0 Å². The topological polar surface area (TPSA) is 40.5 Å². The largest absolute Gasteiger partial charge is 0.406 e.